The van der Waals surface area contributed by atoms with Crippen LogP contribution in [0.25, 0.3) is 11.1 Å². The Bertz CT molecular complexity index is 537. The van der Waals surface area contributed by atoms with Crippen LogP contribution in [0.1, 0.15) is 19.8 Å². The number of halogens is 1. The molecule has 100 valence electrons. The van der Waals surface area contributed by atoms with Gasteiger partial charge in [-0.2, -0.15) is 11.3 Å². The lowest BCUT2D eigenvalue weighted by molar-refractivity contribution is -0.117. The maximum Gasteiger partial charge on any atom is 0.153 e. The number of ether oxygens (including phenoxy) is 1. The van der Waals surface area contributed by atoms with Gasteiger partial charge in [-0.25, -0.2) is 0 Å². The molecule has 1 unspecified atom stereocenters. The Morgan fingerprint density at radius 1 is 1.37 bits per heavy atom. The van der Waals surface area contributed by atoms with E-state index in [-0.39, 0.29) is 10.8 Å². The monoisotopic (exact) mass is 338 g/mol. The summed E-state index contributed by atoms with van der Waals surface area (Å²) in [5.41, 5.74) is 2.34. The topological polar surface area (TPSA) is 26.3 Å². The molecule has 0 aliphatic heterocycles. The molecule has 19 heavy (non-hydrogen) atoms. The minimum absolute atomic E-state index is 0.130. The van der Waals surface area contributed by atoms with Crippen LogP contribution in [0.3, 0.4) is 0 Å². The van der Waals surface area contributed by atoms with Crippen LogP contribution < -0.4 is 4.74 Å². The van der Waals surface area contributed by atoms with E-state index in [1.165, 1.54) is 5.56 Å². The van der Waals surface area contributed by atoms with Crippen LogP contribution in [0, 0.1) is 0 Å². The SMILES string of the molecule is CC(=O)CCC(Br)Oc1cccc(-c2ccsc2)c1. The maximum atomic E-state index is 10.9. The van der Waals surface area contributed by atoms with Crippen molar-refractivity contribution in [3.8, 4) is 16.9 Å². The lowest BCUT2D eigenvalue weighted by atomic mass is 10.1. The number of hydrogen-bond acceptors (Lipinski definition) is 3. The fourth-order valence-electron chi connectivity index (χ4n) is 1.70. The van der Waals surface area contributed by atoms with E-state index in [0.717, 1.165) is 11.3 Å². The van der Waals surface area contributed by atoms with Crippen LogP contribution in [0.15, 0.2) is 41.1 Å². The van der Waals surface area contributed by atoms with Crippen molar-refractivity contribution in [3.05, 3.63) is 41.1 Å². The van der Waals surface area contributed by atoms with E-state index in [0.29, 0.717) is 12.8 Å². The summed E-state index contributed by atoms with van der Waals surface area (Å²) in [6, 6.07) is 10.1. The van der Waals surface area contributed by atoms with E-state index in [1.807, 2.05) is 18.2 Å². The second kappa shape index (κ2) is 6.87. The lowest BCUT2D eigenvalue weighted by Crippen LogP contribution is -2.09. The van der Waals surface area contributed by atoms with Crippen LogP contribution in [-0.2, 0) is 4.79 Å². The highest BCUT2D eigenvalue weighted by Crippen LogP contribution is 2.27. The molecule has 2 rings (SSSR count). The summed E-state index contributed by atoms with van der Waals surface area (Å²) < 4.78 is 5.77. The Kier molecular flexibility index (Phi) is 5.16. The average Bonchev–Trinajstić information content (AvgIpc) is 2.90. The van der Waals surface area contributed by atoms with Gasteiger partial charge in [-0.3, -0.25) is 0 Å². The smallest absolute Gasteiger partial charge is 0.153 e. The summed E-state index contributed by atoms with van der Waals surface area (Å²) in [5.74, 6) is 0.995. The largest absolute Gasteiger partial charge is 0.479 e. The van der Waals surface area contributed by atoms with Gasteiger partial charge in [-0.05, 0) is 62.9 Å². The molecule has 0 bridgehead atoms. The number of carbonyl (C=O) groups excluding carboxylic acids is 1. The highest BCUT2D eigenvalue weighted by atomic mass is 79.9. The second-order valence-corrected chi connectivity index (χ2v) is 6.11. The van der Waals surface area contributed by atoms with Crippen molar-refractivity contribution in [3.63, 3.8) is 0 Å². The van der Waals surface area contributed by atoms with Gasteiger partial charge in [0, 0.05) is 12.8 Å². The van der Waals surface area contributed by atoms with Crippen LogP contribution in [0.5, 0.6) is 5.75 Å². The first kappa shape index (κ1) is 14.3. The zero-order valence-corrected chi connectivity index (χ0v) is 13.0. The molecule has 0 aliphatic carbocycles. The highest BCUT2D eigenvalue weighted by Gasteiger charge is 2.08. The van der Waals surface area contributed by atoms with Gasteiger partial charge in [0.25, 0.3) is 0 Å². The Hall–Kier alpha value is -1.13. The number of thiophene rings is 1. The number of benzene rings is 1. The molecule has 1 aromatic heterocycles. The van der Waals surface area contributed by atoms with E-state index in [4.69, 9.17) is 4.74 Å². The molecule has 0 saturated carbocycles. The van der Waals surface area contributed by atoms with Gasteiger partial charge in [-0.15, -0.1) is 0 Å². The number of alkyl halides is 1. The number of ketones is 1. The third kappa shape index (κ3) is 4.48. The Labute approximate surface area is 125 Å². The molecule has 1 heterocycles. The molecule has 2 nitrogen and oxygen atoms in total. The number of rotatable bonds is 6. The first-order chi connectivity index (χ1) is 9.15. The zero-order valence-electron chi connectivity index (χ0n) is 10.6. The van der Waals surface area contributed by atoms with Gasteiger partial charge in [0.2, 0.25) is 0 Å². The summed E-state index contributed by atoms with van der Waals surface area (Å²) in [7, 11) is 0. The fraction of sp³-hybridized carbons (Fsp3) is 0.267. The van der Waals surface area contributed by atoms with Crippen LogP contribution in [-0.4, -0.2) is 10.8 Å². The molecule has 0 aliphatic rings. The van der Waals surface area contributed by atoms with Gasteiger partial charge in [0.1, 0.15) is 11.5 Å². The van der Waals surface area contributed by atoms with Crippen molar-refractivity contribution < 1.29 is 9.53 Å². The van der Waals surface area contributed by atoms with Gasteiger partial charge >= 0.3 is 0 Å². The third-order valence-corrected chi connectivity index (χ3v) is 4.00. The number of Topliss-reactive ketones (excluding diaryl/α,β-unsaturated/α-hetero) is 1. The summed E-state index contributed by atoms with van der Waals surface area (Å²) in [4.78, 5) is 10.9. The van der Waals surface area contributed by atoms with Gasteiger partial charge in [0.15, 0.2) is 5.01 Å². The molecule has 0 saturated heterocycles. The zero-order chi connectivity index (χ0) is 13.7. The Morgan fingerprint density at radius 3 is 2.89 bits per heavy atom. The van der Waals surface area contributed by atoms with Crippen molar-refractivity contribution in [2.24, 2.45) is 0 Å². The number of hydrogen-bond donors (Lipinski definition) is 0. The van der Waals surface area contributed by atoms with Crippen molar-refractivity contribution >= 4 is 33.0 Å². The summed E-state index contributed by atoms with van der Waals surface area (Å²) >= 11 is 5.12. The summed E-state index contributed by atoms with van der Waals surface area (Å²) in [6.45, 7) is 1.59. The van der Waals surface area contributed by atoms with Crippen LogP contribution in [0.2, 0.25) is 0 Å². The normalized spacial score (nSPS) is 12.1. The number of carbonyl (C=O) groups is 1. The molecule has 1 atom stereocenters. The van der Waals surface area contributed by atoms with Gasteiger partial charge < -0.3 is 9.53 Å². The molecule has 1 aromatic carbocycles. The van der Waals surface area contributed by atoms with Crippen molar-refractivity contribution in [2.45, 2.75) is 24.8 Å². The van der Waals surface area contributed by atoms with E-state index in [9.17, 15) is 4.79 Å². The minimum atomic E-state index is -0.130. The second-order valence-electron chi connectivity index (χ2n) is 4.31. The fourth-order valence-corrected chi connectivity index (χ4v) is 2.81. The van der Waals surface area contributed by atoms with E-state index < -0.39 is 0 Å². The van der Waals surface area contributed by atoms with E-state index >= 15 is 0 Å². The van der Waals surface area contributed by atoms with Crippen molar-refractivity contribution in [1.82, 2.24) is 0 Å². The van der Waals surface area contributed by atoms with Gasteiger partial charge in [-0.1, -0.05) is 12.1 Å². The molecule has 0 spiro atoms. The highest BCUT2D eigenvalue weighted by molar-refractivity contribution is 9.09. The van der Waals surface area contributed by atoms with Crippen molar-refractivity contribution in [2.75, 3.05) is 0 Å². The minimum Gasteiger partial charge on any atom is -0.479 e. The Morgan fingerprint density at radius 2 is 2.21 bits per heavy atom. The van der Waals surface area contributed by atoms with E-state index in [2.05, 4.69) is 38.8 Å². The summed E-state index contributed by atoms with van der Waals surface area (Å²) in [6.07, 6.45) is 1.21. The predicted molar refractivity (Wildman–Crippen MR) is 83.0 cm³/mol. The predicted octanol–water partition coefficient (Wildman–Crippen LogP) is 4.88. The molecule has 0 fully saturated rings. The molecule has 2 aromatic rings. The quantitative estimate of drug-likeness (QED) is 0.701. The molecule has 4 heteroatoms. The molecule has 0 radical (unpaired) electrons. The van der Waals surface area contributed by atoms with Crippen molar-refractivity contribution in [1.29, 1.82) is 0 Å². The molecule has 0 amide bonds. The summed E-state index contributed by atoms with van der Waals surface area (Å²) in [5, 5.41) is 4.04. The molecular formula is C15H15BrO2S. The van der Waals surface area contributed by atoms with Crippen LogP contribution in [0.4, 0.5) is 0 Å². The standard InChI is InChI=1S/C15H15BrO2S/c1-11(17)5-6-15(16)18-14-4-2-3-12(9-14)13-7-8-19-10-13/h2-4,7-10,15H,5-6H2,1H3. The molecule has 0 N–H and O–H groups in total. The first-order valence-electron chi connectivity index (χ1n) is 6.08. The first-order valence-corrected chi connectivity index (χ1v) is 7.94. The molecular weight excluding hydrogens is 324 g/mol. The van der Waals surface area contributed by atoms with Crippen LogP contribution >= 0.6 is 27.3 Å². The van der Waals surface area contributed by atoms with E-state index in [1.54, 1.807) is 18.3 Å². The van der Waals surface area contributed by atoms with Gasteiger partial charge in [0.05, 0.1) is 0 Å². The Balaban J connectivity index is 2.01. The third-order valence-electron chi connectivity index (χ3n) is 2.68. The maximum absolute atomic E-state index is 10.9. The lowest BCUT2D eigenvalue weighted by Gasteiger charge is -2.13. The average molecular weight is 339 g/mol.